The molecule has 1 saturated carbocycles. The van der Waals surface area contributed by atoms with Gasteiger partial charge >= 0.3 is 0 Å². The van der Waals surface area contributed by atoms with E-state index in [-0.39, 0.29) is 17.6 Å². The molecule has 28 heavy (non-hydrogen) atoms. The SMILES string of the molecule is CC1CN(C2COC(c3cc(F)ccc3F)C(N)C2)CC1CN(C=O)C1CC1. The Morgan fingerprint density at radius 1 is 1.32 bits per heavy atom. The second-order valence-electron chi connectivity index (χ2n) is 8.70. The molecule has 1 aliphatic carbocycles. The molecule has 3 fully saturated rings. The molecule has 1 aromatic rings. The van der Waals surface area contributed by atoms with Crippen LogP contribution in [-0.2, 0) is 9.53 Å². The van der Waals surface area contributed by atoms with Gasteiger partial charge in [0.05, 0.1) is 6.61 Å². The molecule has 5 atom stereocenters. The normalized spacial score (nSPS) is 33.8. The number of likely N-dealkylation sites (tertiary alicyclic amines) is 1. The Morgan fingerprint density at radius 2 is 2.11 bits per heavy atom. The molecular weight excluding hydrogens is 364 g/mol. The number of carbonyl (C=O) groups excluding carboxylic acids is 1. The molecule has 0 aromatic heterocycles. The Hall–Kier alpha value is -1.57. The van der Waals surface area contributed by atoms with Crippen molar-refractivity contribution in [2.24, 2.45) is 17.6 Å². The predicted octanol–water partition coefficient (Wildman–Crippen LogP) is 2.31. The molecule has 2 heterocycles. The number of benzene rings is 1. The topological polar surface area (TPSA) is 58.8 Å². The van der Waals surface area contributed by atoms with E-state index in [9.17, 15) is 13.6 Å². The zero-order chi connectivity index (χ0) is 19.8. The van der Waals surface area contributed by atoms with E-state index in [1.54, 1.807) is 0 Å². The zero-order valence-electron chi connectivity index (χ0n) is 16.3. The van der Waals surface area contributed by atoms with E-state index in [2.05, 4.69) is 11.8 Å². The molecule has 4 rings (SSSR count). The van der Waals surface area contributed by atoms with Crippen LogP contribution in [0.4, 0.5) is 8.78 Å². The van der Waals surface area contributed by atoms with Gasteiger partial charge in [0.15, 0.2) is 0 Å². The van der Waals surface area contributed by atoms with Crippen LogP contribution < -0.4 is 5.73 Å². The number of ether oxygens (including phenoxy) is 1. The van der Waals surface area contributed by atoms with Crippen LogP contribution in [0.1, 0.15) is 37.9 Å². The number of halogens is 2. The summed E-state index contributed by atoms with van der Waals surface area (Å²) in [5.74, 6) is -0.0265. The van der Waals surface area contributed by atoms with Crippen LogP contribution in [-0.4, -0.2) is 60.6 Å². The number of nitrogens with zero attached hydrogens (tertiary/aromatic N) is 2. The highest BCUT2D eigenvalue weighted by Crippen LogP contribution is 2.35. The molecule has 7 heteroatoms. The molecule has 3 aliphatic rings. The van der Waals surface area contributed by atoms with Crippen molar-refractivity contribution < 1.29 is 18.3 Å². The van der Waals surface area contributed by atoms with Crippen LogP contribution in [0, 0.1) is 23.5 Å². The van der Waals surface area contributed by atoms with Crippen molar-refractivity contribution >= 4 is 6.41 Å². The first-order valence-corrected chi connectivity index (χ1v) is 10.2. The molecule has 0 bridgehead atoms. The van der Waals surface area contributed by atoms with Crippen LogP contribution in [0.3, 0.4) is 0 Å². The number of carbonyl (C=O) groups is 1. The second-order valence-corrected chi connectivity index (χ2v) is 8.70. The Morgan fingerprint density at radius 3 is 2.79 bits per heavy atom. The fraction of sp³-hybridized carbons (Fsp3) is 0.667. The quantitative estimate of drug-likeness (QED) is 0.754. The molecule has 1 amide bonds. The summed E-state index contributed by atoms with van der Waals surface area (Å²) in [5, 5.41) is 0. The van der Waals surface area contributed by atoms with Crippen molar-refractivity contribution in [3.63, 3.8) is 0 Å². The van der Waals surface area contributed by atoms with E-state index in [0.29, 0.717) is 30.9 Å². The fourth-order valence-corrected chi connectivity index (χ4v) is 4.72. The first-order chi connectivity index (χ1) is 13.5. The van der Waals surface area contributed by atoms with Crippen molar-refractivity contribution in [1.82, 2.24) is 9.80 Å². The van der Waals surface area contributed by atoms with E-state index in [1.165, 1.54) is 6.07 Å². The molecule has 2 N–H and O–H groups in total. The molecule has 5 unspecified atom stereocenters. The third-order valence-corrected chi connectivity index (χ3v) is 6.58. The number of nitrogens with two attached hydrogens (primary N) is 1. The lowest BCUT2D eigenvalue weighted by Crippen LogP contribution is -2.49. The Kier molecular flexibility index (Phi) is 5.67. The van der Waals surface area contributed by atoms with Crippen LogP contribution in [0.15, 0.2) is 18.2 Å². The van der Waals surface area contributed by atoms with E-state index < -0.39 is 17.7 Å². The first-order valence-electron chi connectivity index (χ1n) is 10.2. The maximum absolute atomic E-state index is 14.1. The summed E-state index contributed by atoms with van der Waals surface area (Å²) in [4.78, 5) is 15.7. The summed E-state index contributed by atoms with van der Waals surface area (Å²) in [5.41, 5.74) is 6.51. The number of amides is 1. The lowest BCUT2D eigenvalue weighted by Gasteiger charge is -2.39. The van der Waals surface area contributed by atoms with Crippen molar-refractivity contribution in [3.8, 4) is 0 Å². The standard InChI is InChI=1S/C21H29F2N3O2/c1-13-8-25(9-14(13)10-26(12-27)16-3-4-16)17-7-20(24)21(28-11-17)18-6-15(22)2-5-19(18)23/h2,5-6,12-14,16-17,20-21H,3-4,7-11,24H2,1H3. The van der Waals surface area contributed by atoms with Crippen molar-refractivity contribution in [3.05, 3.63) is 35.4 Å². The van der Waals surface area contributed by atoms with Gasteiger partial charge in [-0.05, 0) is 49.3 Å². The molecule has 154 valence electrons. The van der Waals surface area contributed by atoms with Gasteiger partial charge in [-0.3, -0.25) is 9.69 Å². The average molecular weight is 393 g/mol. The van der Waals surface area contributed by atoms with Gasteiger partial charge in [-0.15, -0.1) is 0 Å². The van der Waals surface area contributed by atoms with Crippen LogP contribution in [0.25, 0.3) is 0 Å². The van der Waals surface area contributed by atoms with Crippen LogP contribution in [0.5, 0.6) is 0 Å². The lowest BCUT2D eigenvalue weighted by molar-refractivity contribution is -0.119. The number of hydrogen-bond donors (Lipinski definition) is 1. The molecular formula is C21H29F2N3O2. The largest absolute Gasteiger partial charge is 0.370 e. The Balaban J connectivity index is 1.36. The highest BCUT2D eigenvalue weighted by molar-refractivity contribution is 5.48. The van der Waals surface area contributed by atoms with Gasteiger partial charge in [0.1, 0.15) is 17.7 Å². The fourth-order valence-electron chi connectivity index (χ4n) is 4.72. The first kappa shape index (κ1) is 19.7. The van der Waals surface area contributed by atoms with Crippen molar-refractivity contribution in [2.45, 2.75) is 50.4 Å². The number of rotatable bonds is 6. The number of hydrogen-bond acceptors (Lipinski definition) is 4. The molecule has 5 nitrogen and oxygen atoms in total. The van der Waals surface area contributed by atoms with Gasteiger partial charge in [-0.25, -0.2) is 8.78 Å². The minimum Gasteiger partial charge on any atom is -0.370 e. The summed E-state index contributed by atoms with van der Waals surface area (Å²) < 4.78 is 33.6. The zero-order valence-corrected chi connectivity index (χ0v) is 16.3. The van der Waals surface area contributed by atoms with E-state index >= 15 is 0 Å². The Bertz CT molecular complexity index is 715. The summed E-state index contributed by atoms with van der Waals surface area (Å²) in [6, 6.07) is 3.62. The molecule has 1 aromatic carbocycles. The lowest BCUT2D eigenvalue weighted by atomic mass is 9.93. The monoisotopic (exact) mass is 393 g/mol. The highest BCUT2D eigenvalue weighted by atomic mass is 19.1. The third-order valence-electron chi connectivity index (χ3n) is 6.58. The van der Waals surface area contributed by atoms with E-state index in [0.717, 1.165) is 51.0 Å². The minimum atomic E-state index is -0.622. The van der Waals surface area contributed by atoms with Gasteiger partial charge in [-0.1, -0.05) is 6.92 Å². The summed E-state index contributed by atoms with van der Waals surface area (Å²) in [6.45, 7) is 5.35. The molecule has 0 spiro atoms. The highest BCUT2D eigenvalue weighted by Gasteiger charge is 2.40. The van der Waals surface area contributed by atoms with Gasteiger partial charge in [0.25, 0.3) is 0 Å². The van der Waals surface area contributed by atoms with Gasteiger partial charge in [0, 0.05) is 43.3 Å². The van der Waals surface area contributed by atoms with Crippen LogP contribution >= 0.6 is 0 Å². The maximum atomic E-state index is 14.1. The van der Waals surface area contributed by atoms with Gasteiger partial charge in [-0.2, -0.15) is 0 Å². The maximum Gasteiger partial charge on any atom is 0.209 e. The van der Waals surface area contributed by atoms with Crippen molar-refractivity contribution in [1.29, 1.82) is 0 Å². The summed E-state index contributed by atoms with van der Waals surface area (Å²) >= 11 is 0. The third kappa shape index (κ3) is 4.07. The summed E-state index contributed by atoms with van der Waals surface area (Å²) in [7, 11) is 0. The average Bonchev–Trinajstić information content (AvgIpc) is 3.45. The van der Waals surface area contributed by atoms with Crippen LogP contribution in [0.2, 0.25) is 0 Å². The minimum absolute atomic E-state index is 0.168. The Labute approximate surface area is 164 Å². The predicted molar refractivity (Wildman–Crippen MR) is 101 cm³/mol. The van der Waals surface area contributed by atoms with E-state index in [4.69, 9.17) is 10.5 Å². The van der Waals surface area contributed by atoms with Gasteiger partial charge in [0.2, 0.25) is 6.41 Å². The van der Waals surface area contributed by atoms with E-state index in [1.807, 2.05) is 4.90 Å². The van der Waals surface area contributed by atoms with Gasteiger partial charge < -0.3 is 15.4 Å². The molecule has 0 radical (unpaired) electrons. The molecule has 2 saturated heterocycles. The molecule has 2 aliphatic heterocycles. The van der Waals surface area contributed by atoms with Crippen molar-refractivity contribution in [2.75, 3.05) is 26.2 Å². The second kappa shape index (κ2) is 8.05. The smallest absolute Gasteiger partial charge is 0.209 e. The summed E-state index contributed by atoms with van der Waals surface area (Å²) in [6.07, 6.45) is 3.29.